The van der Waals surface area contributed by atoms with E-state index in [4.69, 9.17) is 4.74 Å². The van der Waals surface area contributed by atoms with E-state index < -0.39 is 0 Å². The van der Waals surface area contributed by atoms with Crippen LogP contribution in [0.3, 0.4) is 0 Å². The van der Waals surface area contributed by atoms with Gasteiger partial charge in [0.2, 0.25) is 5.91 Å². The fraction of sp³-hybridized carbons (Fsp3) is 0.923. The van der Waals surface area contributed by atoms with Gasteiger partial charge in [-0.15, -0.1) is 0 Å². The number of morpholine rings is 1. The third-order valence-corrected chi connectivity index (χ3v) is 4.98. The summed E-state index contributed by atoms with van der Waals surface area (Å²) in [5, 5.41) is 3.34. The van der Waals surface area contributed by atoms with E-state index >= 15 is 0 Å². The number of ether oxygens (including phenoxy) is 1. The SMILES string of the molecule is CC1(C)CCN(C(=O)CC2COCCN2)CCS1. The molecule has 0 bridgehead atoms. The first-order chi connectivity index (χ1) is 8.57. The number of carbonyl (C=O) groups excluding carboxylic acids is 1. The highest BCUT2D eigenvalue weighted by molar-refractivity contribution is 8.00. The molecule has 0 aromatic carbocycles. The van der Waals surface area contributed by atoms with Crippen LogP contribution < -0.4 is 5.32 Å². The molecule has 18 heavy (non-hydrogen) atoms. The van der Waals surface area contributed by atoms with Gasteiger partial charge in [-0.05, 0) is 6.42 Å². The van der Waals surface area contributed by atoms with E-state index in [1.54, 1.807) is 0 Å². The van der Waals surface area contributed by atoms with Gasteiger partial charge in [-0.25, -0.2) is 0 Å². The molecule has 4 nitrogen and oxygen atoms in total. The van der Waals surface area contributed by atoms with Crippen LogP contribution in [0, 0.1) is 0 Å². The first-order valence-corrected chi connectivity index (χ1v) is 7.78. The smallest absolute Gasteiger partial charge is 0.224 e. The summed E-state index contributed by atoms with van der Waals surface area (Å²) in [7, 11) is 0. The molecule has 2 fully saturated rings. The quantitative estimate of drug-likeness (QED) is 0.817. The van der Waals surface area contributed by atoms with Crippen molar-refractivity contribution in [2.45, 2.75) is 37.5 Å². The topological polar surface area (TPSA) is 41.6 Å². The summed E-state index contributed by atoms with van der Waals surface area (Å²) < 4.78 is 5.70. The minimum atomic E-state index is 0.204. The fourth-order valence-electron chi connectivity index (χ4n) is 2.36. The summed E-state index contributed by atoms with van der Waals surface area (Å²) in [5.41, 5.74) is 0. The van der Waals surface area contributed by atoms with Crippen LogP contribution in [0.25, 0.3) is 0 Å². The molecular formula is C13H24N2O2S. The molecule has 1 unspecified atom stereocenters. The summed E-state index contributed by atoms with van der Waals surface area (Å²) in [5.74, 6) is 1.32. The lowest BCUT2D eigenvalue weighted by atomic mass is 10.1. The van der Waals surface area contributed by atoms with Gasteiger partial charge in [0.05, 0.1) is 13.2 Å². The van der Waals surface area contributed by atoms with Gasteiger partial charge >= 0.3 is 0 Å². The van der Waals surface area contributed by atoms with E-state index in [0.717, 1.165) is 38.4 Å². The largest absolute Gasteiger partial charge is 0.378 e. The number of hydrogen-bond donors (Lipinski definition) is 1. The average Bonchev–Trinajstić information content (AvgIpc) is 2.51. The van der Waals surface area contributed by atoms with Crippen molar-refractivity contribution >= 4 is 17.7 Å². The Labute approximate surface area is 114 Å². The third-order valence-electron chi connectivity index (χ3n) is 3.61. The lowest BCUT2D eigenvalue weighted by Gasteiger charge is -2.27. The second kappa shape index (κ2) is 6.26. The molecule has 0 aliphatic carbocycles. The van der Waals surface area contributed by atoms with Crippen molar-refractivity contribution in [2.75, 3.05) is 38.6 Å². The summed E-state index contributed by atoms with van der Waals surface area (Å²) >= 11 is 1.97. The van der Waals surface area contributed by atoms with Crippen molar-refractivity contribution in [3.05, 3.63) is 0 Å². The molecule has 2 aliphatic rings. The zero-order chi connectivity index (χ0) is 13.0. The van der Waals surface area contributed by atoms with Gasteiger partial charge in [-0.3, -0.25) is 4.79 Å². The monoisotopic (exact) mass is 272 g/mol. The van der Waals surface area contributed by atoms with Crippen LogP contribution >= 0.6 is 11.8 Å². The number of nitrogens with zero attached hydrogens (tertiary/aromatic N) is 1. The molecule has 0 saturated carbocycles. The van der Waals surface area contributed by atoms with Gasteiger partial charge in [0.15, 0.2) is 0 Å². The maximum absolute atomic E-state index is 12.3. The van der Waals surface area contributed by atoms with Crippen molar-refractivity contribution in [1.29, 1.82) is 0 Å². The number of hydrogen-bond acceptors (Lipinski definition) is 4. The molecule has 5 heteroatoms. The molecule has 2 rings (SSSR count). The highest BCUT2D eigenvalue weighted by atomic mass is 32.2. The molecule has 0 radical (unpaired) electrons. The zero-order valence-electron chi connectivity index (χ0n) is 11.4. The molecule has 1 atom stereocenters. The van der Waals surface area contributed by atoms with Gasteiger partial charge in [0.1, 0.15) is 0 Å². The predicted molar refractivity (Wildman–Crippen MR) is 75.0 cm³/mol. The number of nitrogens with one attached hydrogen (secondary N) is 1. The average molecular weight is 272 g/mol. The molecular weight excluding hydrogens is 248 g/mol. The fourth-order valence-corrected chi connectivity index (χ4v) is 3.46. The Hall–Kier alpha value is -0.260. The van der Waals surface area contributed by atoms with E-state index in [9.17, 15) is 4.79 Å². The molecule has 0 aromatic heterocycles. The van der Waals surface area contributed by atoms with Crippen LogP contribution in [-0.4, -0.2) is 60.2 Å². The Kier molecular flexibility index (Phi) is 4.92. The Balaban J connectivity index is 1.81. The molecule has 2 aliphatic heterocycles. The maximum Gasteiger partial charge on any atom is 0.224 e. The third kappa shape index (κ3) is 4.14. The summed E-state index contributed by atoms with van der Waals surface area (Å²) in [4.78, 5) is 14.3. The van der Waals surface area contributed by atoms with E-state index in [1.165, 1.54) is 0 Å². The van der Waals surface area contributed by atoms with Crippen LogP contribution in [0.15, 0.2) is 0 Å². The second-order valence-corrected chi connectivity index (χ2v) is 7.47. The van der Waals surface area contributed by atoms with Crippen molar-refractivity contribution in [2.24, 2.45) is 0 Å². The normalized spacial score (nSPS) is 28.8. The minimum Gasteiger partial charge on any atom is -0.378 e. The highest BCUT2D eigenvalue weighted by Crippen LogP contribution is 2.30. The summed E-state index contributed by atoms with van der Waals surface area (Å²) in [6.07, 6.45) is 1.66. The summed E-state index contributed by atoms with van der Waals surface area (Å²) in [6.45, 7) is 8.61. The van der Waals surface area contributed by atoms with Gasteiger partial charge < -0.3 is 15.0 Å². The number of carbonyl (C=O) groups is 1. The highest BCUT2D eigenvalue weighted by Gasteiger charge is 2.27. The van der Waals surface area contributed by atoms with Gasteiger partial charge in [-0.1, -0.05) is 13.8 Å². The zero-order valence-corrected chi connectivity index (χ0v) is 12.2. The van der Waals surface area contributed by atoms with Gasteiger partial charge in [-0.2, -0.15) is 11.8 Å². The molecule has 1 amide bonds. The first kappa shape index (κ1) is 14.2. The Morgan fingerprint density at radius 3 is 3.06 bits per heavy atom. The Bertz CT molecular complexity index is 291. The number of thioether (sulfide) groups is 1. The van der Waals surface area contributed by atoms with Crippen molar-refractivity contribution < 1.29 is 9.53 Å². The van der Waals surface area contributed by atoms with E-state index in [2.05, 4.69) is 19.2 Å². The molecule has 2 heterocycles. The molecule has 0 aromatic rings. The molecule has 2 saturated heterocycles. The molecule has 104 valence electrons. The number of rotatable bonds is 2. The van der Waals surface area contributed by atoms with Gasteiger partial charge in [0.25, 0.3) is 0 Å². The minimum absolute atomic E-state index is 0.204. The maximum atomic E-state index is 12.3. The first-order valence-electron chi connectivity index (χ1n) is 6.80. The number of amides is 1. The second-order valence-electron chi connectivity index (χ2n) is 5.67. The summed E-state index contributed by atoms with van der Waals surface area (Å²) in [6, 6.07) is 0.204. The van der Waals surface area contributed by atoms with Crippen LogP contribution in [0.5, 0.6) is 0 Å². The molecule has 1 N–H and O–H groups in total. The van der Waals surface area contributed by atoms with E-state index in [0.29, 0.717) is 17.8 Å². The van der Waals surface area contributed by atoms with Crippen molar-refractivity contribution in [3.63, 3.8) is 0 Å². The van der Waals surface area contributed by atoms with Crippen LogP contribution in [0.1, 0.15) is 26.7 Å². The standard InChI is InChI=1S/C13H24N2O2S/c1-13(2)3-5-15(6-8-18-13)12(16)9-11-10-17-7-4-14-11/h11,14H,3-10H2,1-2H3. The van der Waals surface area contributed by atoms with Gasteiger partial charge in [0, 0.05) is 42.6 Å². The van der Waals surface area contributed by atoms with Crippen LogP contribution in [-0.2, 0) is 9.53 Å². The van der Waals surface area contributed by atoms with Crippen LogP contribution in [0.2, 0.25) is 0 Å². The van der Waals surface area contributed by atoms with E-state index in [1.807, 2.05) is 16.7 Å². The van der Waals surface area contributed by atoms with Crippen molar-refractivity contribution in [1.82, 2.24) is 10.2 Å². The Morgan fingerprint density at radius 2 is 2.33 bits per heavy atom. The van der Waals surface area contributed by atoms with E-state index in [-0.39, 0.29) is 11.9 Å². The predicted octanol–water partition coefficient (Wildman–Crippen LogP) is 1.11. The molecule has 0 spiro atoms. The van der Waals surface area contributed by atoms with Crippen LogP contribution in [0.4, 0.5) is 0 Å². The lowest BCUT2D eigenvalue weighted by Crippen LogP contribution is -2.45. The lowest BCUT2D eigenvalue weighted by molar-refractivity contribution is -0.132. The Morgan fingerprint density at radius 1 is 1.50 bits per heavy atom. The van der Waals surface area contributed by atoms with Crippen molar-refractivity contribution in [3.8, 4) is 0 Å².